The fraction of sp³-hybridized carbons (Fsp3) is 0.310. The Morgan fingerprint density at radius 2 is 1.68 bits per heavy atom. The number of para-hydroxylation sites is 1. The maximum atomic E-state index is 13.8. The Labute approximate surface area is 230 Å². The van der Waals surface area contributed by atoms with Gasteiger partial charge >= 0.3 is 0 Å². The molecule has 1 aliphatic heterocycles. The van der Waals surface area contributed by atoms with Gasteiger partial charge in [-0.15, -0.1) is 0 Å². The summed E-state index contributed by atoms with van der Waals surface area (Å²) >= 11 is 0. The van der Waals surface area contributed by atoms with Crippen molar-refractivity contribution in [3.63, 3.8) is 0 Å². The second kappa shape index (κ2) is 11.3. The number of aliphatic hydroxyl groups is 2. The number of phenols is 1. The number of benzene rings is 3. The van der Waals surface area contributed by atoms with E-state index in [4.69, 9.17) is 23.7 Å². The molecule has 3 aromatic rings. The van der Waals surface area contributed by atoms with Gasteiger partial charge in [0.2, 0.25) is 18.4 Å². The van der Waals surface area contributed by atoms with Crippen LogP contribution >= 0.6 is 0 Å². The monoisotopic (exact) mass is 550 g/mol. The molecule has 4 N–H and O–H groups in total. The zero-order chi connectivity index (χ0) is 28.4. The van der Waals surface area contributed by atoms with Crippen molar-refractivity contribution < 1.29 is 43.8 Å². The predicted molar refractivity (Wildman–Crippen MR) is 143 cm³/mol. The largest absolute Gasteiger partial charge is 0.507 e. The third kappa shape index (κ3) is 4.74. The highest BCUT2D eigenvalue weighted by molar-refractivity contribution is 5.86. The molecule has 3 aromatic carbocycles. The standard InChI is InChI=1S/C29H30N2O9/c1-36-23-8-16(9-24(37-2)28(23)38-3)25-17-10-21-22(40-14-39-21)11-18(17)27(34)19(13-32)26(25)29(35)31-30-12-15-6-4-5-7-20(15)33/h4-12,19,25-27,32-34H,13-14H2,1-3H3,(H,31,35)/b30-12+. The number of ether oxygens (including phenoxy) is 5. The van der Waals surface area contributed by atoms with Gasteiger partial charge in [-0.1, -0.05) is 12.1 Å². The summed E-state index contributed by atoms with van der Waals surface area (Å²) in [6.07, 6.45) is 0.131. The molecule has 5 rings (SSSR count). The first-order valence-corrected chi connectivity index (χ1v) is 12.5. The third-order valence-corrected chi connectivity index (χ3v) is 7.33. The molecular weight excluding hydrogens is 520 g/mol. The first-order valence-electron chi connectivity index (χ1n) is 12.5. The van der Waals surface area contributed by atoms with Crippen LogP contribution in [0.3, 0.4) is 0 Å². The molecule has 0 radical (unpaired) electrons. The minimum absolute atomic E-state index is 0.00197. The number of aromatic hydroxyl groups is 1. The summed E-state index contributed by atoms with van der Waals surface area (Å²) in [5.41, 5.74) is 4.67. The van der Waals surface area contributed by atoms with E-state index in [9.17, 15) is 20.1 Å². The highest BCUT2D eigenvalue weighted by Gasteiger charge is 2.47. The normalized spacial score (nSPS) is 21.1. The molecule has 1 heterocycles. The van der Waals surface area contributed by atoms with Gasteiger partial charge < -0.3 is 39.0 Å². The molecule has 210 valence electrons. The molecule has 4 unspecified atom stereocenters. The van der Waals surface area contributed by atoms with Crippen molar-refractivity contribution in [2.24, 2.45) is 16.9 Å². The number of aliphatic hydroxyl groups excluding tert-OH is 2. The molecule has 0 saturated carbocycles. The SMILES string of the molecule is COc1cc(C2c3cc4c(cc3C(O)C(CO)C2C(=O)N/N=C/c2ccccc2O)OCO4)cc(OC)c1OC. The van der Waals surface area contributed by atoms with Crippen molar-refractivity contribution >= 4 is 12.1 Å². The van der Waals surface area contributed by atoms with Crippen LogP contribution in [0.5, 0.6) is 34.5 Å². The van der Waals surface area contributed by atoms with Crippen LogP contribution in [0, 0.1) is 11.8 Å². The number of hydrogen-bond donors (Lipinski definition) is 4. The zero-order valence-corrected chi connectivity index (χ0v) is 22.2. The second-order valence-electron chi connectivity index (χ2n) is 9.38. The molecule has 0 spiro atoms. The molecule has 2 aliphatic rings. The highest BCUT2D eigenvalue weighted by atomic mass is 16.7. The summed E-state index contributed by atoms with van der Waals surface area (Å²) in [5, 5.41) is 35.9. The van der Waals surface area contributed by atoms with Crippen LogP contribution in [-0.2, 0) is 4.79 Å². The Kier molecular flexibility index (Phi) is 7.67. The number of fused-ring (bicyclic) bond motifs is 2. The molecule has 0 aromatic heterocycles. The van der Waals surface area contributed by atoms with Gasteiger partial charge in [0, 0.05) is 24.0 Å². The smallest absolute Gasteiger partial charge is 0.244 e. The van der Waals surface area contributed by atoms with Crippen molar-refractivity contribution in [3.05, 3.63) is 70.8 Å². The number of carbonyl (C=O) groups is 1. The van der Waals surface area contributed by atoms with Crippen LogP contribution in [0.2, 0.25) is 0 Å². The molecule has 0 fully saturated rings. The van der Waals surface area contributed by atoms with Crippen molar-refractivity contribution in [3.8, 4) is 34.5 Å². The van der Waals surface area contributed by atoms with Crippen LogP contribution < -0.4 is 29.1 Å². The summed E-state index contributed by atoms with van der Waals surface area (Å²) < 4.78 is 27.8. The van der Waals surface area contributed by atoms with Gasteiger partial charge in [-0.3, -0.25) is 4.79 Å². The summed E-state index contributed by atoms with van der Waals surface area (Å²) in [5.74, 6) is -1.06. The second-order valence-corrected chi connectivity index (χ2v) is 9.38. The van der Waals surface area contributed by atoms with E-state index >= 15 is 0 Å². The molecule has 1 amide bonds. The Bertz CT molecular complexity index is 1420. The average Bonchev–Trinajstić information content (AvgIpc) is 3.44. The number of hydrazone groups is 1. The molecule has 0 saturated heterocycles. The highest BCUT2D eigenvalue weighted by Crippen LogP contribution is 2.53. The van der Waals surface area contributed by atoms with Gasteiger partial charge in [0.15, 0.2) is 23.0 Å². The number of hydrogen-bond acceptors (Lipinski definition) is 10. The molecule has 0 bridgehead atoms. The first-order chi connectivity index (χ1) is 19.4. The maximum Gasteiger partial charge on any atom is 0.244 e. The van der Waals surface area contributed by atoms with Gasteiger partial charge in [-0.25, -0.2) is 5.43 Å². The molecule has 40 heavy (non-hydrogen) atoms. The van der Waals surface area contributed by atoms with E-state index in [0.717, 1.165) is 0 Å². The summed E-state index contributed by atoms with van der Waals surface area (Å²) in [4.78, 5) is 13.8. The van der Waals surface area contributed by atoms with Gasteiger partial charge in [0.25, 0.3) is 0 Å². The topological polar surface area (TPSA) is 148 Å². The van der Waals surface area contributed by atoms with Crippen LogP contribution in [-0.4, -0.2) is 62.2 Å². The van der Waals surface area contributed by atoms with Crippen molar-refractivity contribution in [2.45, 2.75) is 12.0 Å². The number of rotatable bonds is 8. The lowest BCUT2D eigenvalue weighted by Gasteiger charge is -2.41. The van der Waals surface area contributed by atoms with Gasteiger partial charge in [-0.05, 0) is 53.1 Å². The molecule has 1 aliphatic carbocycles. The maximum absolute atomic E-state index is 13.8. The van der Waals surface area contributed by atoms with E-state index in [1.54, 1.807) is 42.5 Å². The molecular formula is C29H30N2O9. The minimum atomic E-state index is -1.19. The van der Waals surface area contributed by atoms with Crippen LogP contribution in [0.1, 0.15) is 34.3 Å². The van der Waals surface area contributed by atoms with Gasteiger partial charge in [-0.2, -0.15) is 5.10 Å². The van der Waals surface area contributed by atoms with Crippen molar-refractivity contribution in [2.75, 3.05) is 34.7 Å². The minimum Gasteiger partial charge on any atom is -0.507 e. The van der Waals surface area contributed by atoms with E-state index in [0.29, 0.717) is 51.0 Å². The van der Waals surface area contributed by atoms with E-state index in [1.807, 2.05) is 0 Å². The fourth-order valence-electron chi connectivity index (χ4n) is 5.43. The Balaban J connectivity index is 1.64. The lowest BCUT2D eigenvalue weighted by molar-refractivity contribution is -0.131. The average molecular weight is 551 g/mol. The number of methoxy groups -OCH3 is 3. The number of nitrogens with one attached hydrogen (secondary N) is 1. The number of nitrogens with zero attached hydrogens (tertiary/aromatic N) is 1. The van der Waals surface area contributed by atoms with E-state index in [2.05, 4.69) is 10.5 Å². The summed E-state index contributed by atoms with van der Waals surface area (Å²) in [6.45, 7) is -0.463. The lowest BCUT2D eigenvalue weighted by atomic mass is 9.65. The number of carbonyl (C=O) groups excluding carboxylic acids is 1. The molecule has 11 heteroatoms. The van der Waals surface area contributed by atoms with Crippen molar-refractivity contribution in [1.82, 2.24) is 5.43 Å². The Hall–Kier alpha value is -4.48. The van der Waals surface area contributed by atoms with Gasteiger partial charge in [0.05, 0.1) is 39.6 Å². The predicted octanol–water partition coefficient (Wildman–Crippen LogP) is 2.70. The van der Waals surface area contributed by atoms with E-state index in [-0.39, 0.29) is 12.5 Å². The molecule has 4 atom stereocenters. The van der Waals surface area contributed by atoms with Crippen LogP contribution in [0.15, 0.2) is 53.6 Å². The van der Waals surface area contributed by atoms with E-state index in [1.165, 1.54) is 33.6 Å². The van der Waals surface area contributed by atoms with Crippen molar-refractivity contribution in [1.29, 1.82) is 0 Å². The summed E-state index contributed by atoms with van der Waals surface area (Å²) in [6, 6.07) is 13.4. The summed E-state index contributed by atoms with van der Waals surface area (Å²) in [7, 11) is 4.48. The first kappa shape index (κ1) is 27.1. The fourth-order valence-corrected chi connectivity index (χ4v) is 5.43. The van der Waals surface area contributed by atoms with Crippen LogP contribution in [0.4, 0.5) is 0 Å². The quantitative estimate of drug-likeness (QED) is 0.245. The van der Waals surface area contributed by atoms with Gasteiger partial charge in [0.1, 0.15) is 5.75 Å². The Morgan fingerprint density at radius 1 is 1.02 bits per heavy atom. The Morgan fingerprint density at radius 3 is 2.27 bits per heavy atom. The van der Waals surface area contributed by atoms with E-state index < -0.39 is 36.4 Å². The lowest BCUT2D eigenvalue weighted by Crippen LogP contribution is -2.44. The number of amides is 1. The number of phenolic OH excluding ortho intramolecular Hbond substituents is 1. The molecule has 11 nitrogen and oxygen atoms in total. The van der Waals surface area contributed by atoms with Crippen LogP contribution in [0.25, 0.3) is 0 Å². The third-order valence-electron chi connectivity index (χ3n) is 7.33. The zero-order valence-electron chi connectivity index (χ0n) is 22.2.